The van der Waals surface area contributed by atoms with Crippen LogP contribution in [0.5, 0.6) is 0 Å². The smallest absolute Gasteiger partial charge is 0.250 e. The van der Waals surface area contributed by atoms with Gasteiger partial charge in [-0.3, -0.25) is 4.79 Å². The van der Waals surface area contributed by atoms with Crippen LogP contribution in [0.15, 0.2) is 0 Å². The van der Waals surface area contributed by atoms with E-state index in [-0.39, 0.29) is 36.9 Å². The van der Waals surface area contributed by atoms with E-state index in [9.17, 15) is 9.90 Å². The first-order valence-corrected chi connectivity index (χ1v) is 5.37. The zero-order chi connectivity index (χ0) is 11.3. The summed E-state index contributed by atoms with van der Waals surface area (Å²) in [6.45, 7) is 0.690. The SMILES string of the molecule is COC(CN)C(=O)NCC1CCCC1O.Cl. The van der Waals surface area contributed by atoms with Gasteiger partial charge in [0, 0.05) is 26.1 Å². The van der Waals surface area contributed by atoms with Crippen molar-refractivity contribution in [2.75, 3.05) is 20.2 Å². The molecule has 0 spiro atoms. The van der Waals surface area contributed by atoms with Crippen molar-refractivity contribution in [3.05, 3.63) is 0 Å². The third kappa shape index (κ3) is 4.25. The Hall–Kier alpha value is -0.360. The van der Waals surface area contributed by atoms with E-state index in [0.717, 1.165) is 19.3 Å². The molecular formula is C10H21ClN2O3. The summed E-state index contributed by atoms with van der Waals surface area (Å²) in [4.78, 5) is 11.5. The zero-order valence-corrected chi connectivity index (χ0v) is 10.3. The van der Waals surface area contributed by atoms with Crippen molar-refractivity contribution >= 4 is 18.3 Å². The standard InChI is InChI=1S/C10H20N2O3.ClH/c1-15-9(5-11)10(14)12-6-7-3-2-4-8(7)13;/h7-9,13H,2-6,11H2,1H3,(H,12,14);1H. The van der Waals surface area contributed by atoms with Crippen LogP contribution in [-0.2, 0) is 9.53 Å². The molecule has 4 N–H and O–H groups in total. The Labute approximate surface area is 102 Å². The molecule has 16 heavy (non-hydrogen) atoms. The van der Waals surface area contributed by atoms with Crippen molar-refractivity contribution < 1.29 is 14.6 Å². The number of amides is 1. The summed E-state index contributed by atoms with van der Waals surface area (Å²) in [6, 6.07) is 0. The predicted octanol–water partition coefficient (Wildman–Crippen LogP) is -0.341. The molecule has 0 aromatic carbocycles. The normalized spacial score (nSPS) is 25.9. The second-order valence-corrected chi connectivity index (χ2v) is 3.96. The van der Waals surface area contributed by atoms with E-state index in [1.165, 1.54) is 7.11 Å². The number of hydrogen-bond donors (Lipinski definition) is 3. The summed E-state index contributed by atoms with van der Waals surface area (Å²) in [5.74, 6) is -0.0108. The summed E-state index contributed by atoms with van der Waals surface area (Å²) in [6.07, 6.45) is 1.99. The minimum atomic E-state index is -0.580. The number of carbonyl (C=O) groups is 1. The van der Waals surface area contributed by atoms with Crippen LogP contribution in [0.1, 0.15) is 19.3 Å². The predicted molar refractivity (Wildman–Crippen MR) is 63.5 cm³/mol. The molecule has 0 saturated heterocycles. The van der Waals surface area contributed by atoms with Gasteiger partial charge in [-0.05, 0) is 12.8 Å². The molecule has 1 amide bonds. The van der Waals surface area contributed by atoms with Gasteiger partial charge in [0.2, 0.25) is 5.91 Å². The Kier molecular flexibility index (Phi) is 7.66. The molecule has 96 valence electrons. The molecule has 3 unspecified atom stereocenters. The van der Waals surface area contributed by atoms with Crippen molar-refractivity contribution in [2.24, 2.45) is 11.7 Å². The van der Waals surface area contributed by atoms with E-state index in [1.54, 1.807) is 0 Å². The Balaban J connectivity index is 0.00000225. The van der Waals surface area contributed by atoms with E-state index >= 15 is 0 Å². The first kappa shape index (κ1) is 15.6. The molecule has 0 aromatic heterocycles. The number of ether oxygens (including phenoxy) is 1. The number of methoxy groups -OCH3 is 1. The first-order valence-electron chi connectivity index (χ1n) is 5.37. The fourth-order valence-corrected chi connectivity index (χ4v) is 1.91. The van der Waals surface area contributed by atoms with Gasteiger partial charge in [-0.1, -0.05) is 6.42 Å². The molecule has 1 aliphatic rings. The molecule has 6 heteroatoms. The third-order valence-corrected chi connectivity index (χ3v) is 2.95. The lowest BCUT2D eigenvalue weighted by atomic mass is 10.1. The number of nitrogens with two attached hydrogens (primary N) is 1. The Morgan fingerprint density at radius 1 is 1.62 bits per heavy atom. The summed E-state index contributed by atoms with van der Waals surface area (Å²) >= 11 is 0. The van der Waals surface area contributed by atoms with Gasteiger partial charge >= 0.3 is 0 Å². The van der Waals surface area contributed by atoms with Gasteiger partial charge in [0.1, 0.15) is 6.10 Å². The molecule has 0 heterocycles. The summed E-state index contributed by atoms with van der Waals surface area (Å²) in [5, 5.41) is 12.3. The minimum absolute atomic E-state index is 0. The van der Waals surface area contributed by atoms with Gasteiger partial charge in [0.25, 0.3) is 0 Å². The molecule has 1 fully saturated rings. The van der Waals surface area contributed by atoms with Crippen LogP contribution in [0.25, 0.3) is 0 Å². The van der Waals surface area contributed by atoms with E-state index in [2.05, 4.69) is 5.32 Å². The van der Waals surface area contributed by atoms with E-state index < -0.39 is 6.10 Å². The van der Waals surface area contributed by atoms with E-state index in [1.807, 2.05) is 0 Å². The minimum Gasteiger partial charge on any atom is -0.393 e. The molecule has 5 nitrogen and oxygen atoms in total. The molecule has 0 aliphatic heterocycles. The largest absolute Gasteiger partial charge is 0.393 e. The maximum absolute atomic E-state index is 11.5. The second kappa shape index (κ2) is 7.84. The molecule has 0 radical (unpaired) electrons. The Morgan fingerprint density at radius 3 is 2.75 bits per heavy atom. The highest BCUT2D eigenvalue weighted by molar-refractivity contribution is 5.85. The second-order valence-electron chi connectivity index (χ2n) is 3.96. The molecule has 3 atom stereocenters. The molecular weight excluding hydrogens is 232 g/mol. The number of carbonyl (C=O) groups excluding carboxylic acids is 1. The van der Waals surface area contributed by atoms with Gasteiger partial charge in [0.15, 0.2) is 0 Å². The van der Waals surface area contributed by atoms with Crippen LogP contribution in [-0.4, -0.2) is 43.4 Å². The van der Waals surface area contributed by atoms with Crippen LogP contribution >= 0.6 is 12.4 Å². The highest BCUT2D eigenvalue weighted by Crippen LogP contribution is 2.24. The van der Waals surface area contributed by atoms with Gasteiger partial charge < -0.3 is 20.9 Å². The fourth-order valence-electron chi connectivity index (χ4n) is 1.91. The summed E-state index contributed by atoms with van der Waals surface area (Å²) in [7, 11) is 1.46. The third-order valence-electron chi connectivity index (χ3n) is 2.95. The van der Waals surface area contributed by atoms with Crippen molar-refractivity contribution in [1.29, 1.82) is 0 Å². The Morgan fingerprint density at radius 2 is 2.31 bits per heavy atom. The number of aliphatic hydroxyl groups is 1. The van der Waals surface area contributed by atoms with Gasteiger partial charge in [-0.15, -0.1) is 12.4 Å². The number of rotatable bonds is 5. The maximum Gasteiger partial charge on any atom is 0.250 e. The molecule has 0 aromatic rings. The number of halogens is 1. The lowest BCUT2D eigenvalue weighted by molar-refractivity contribution is -0.130. The average molecular weight is 253 g/mol. The number of aliphatic hydroxyl groups excluding tert-OH is 1. The van der Waals surface area contributed by atoms with Crippen LogP contribution in [0, 0.1) is 5.92 Å². The van der Waals surface area contributed by atoms with Crippen LogP contribution < -0.4 is 11.1 Å². The first-order chi connectivity index (χ1) is 7.19. The summed E-state index contributed by atoms with van der Waals surface area (Å²) < 4.78 is 4.90. The molecule has 1 saturated carbocycles. The maximum atomic E-state index is 11.5. The highest BCUT2D eigenvalue weighted by atomic mass is 35.5. The lowest BCUT2D eigenvalue weighted by Gasteiger charge is -2.17. The Bertz CT molecular complexity index is 212. The van der Waals surface area contributed by atoms with Gasteiger partial charge in [-0.2, -0.15) is 0 Å². The van der Waals surface area contributed by atoms with Gasteiger partial charge in [0.05, 0.1) is 6.10 Å². The van der Waals surface area contributed by atoms with Crippen molar-refractivity contribution in [3.8, 4) is 0 Å². The van der Waals surface area contributed by atoms with E-state index in [0.29, 0.717) is 6.54 Å². The molecule has 0 bridgehead atoms. The van der Waals surface area contributed by atoms with Crippen LogP contribution in [0.2, 0.25) is 0 Å². The molecule has 1 rings (SSSR count). The van der Waals surface area contributed by atoms with Crippen molar-refractivity contribution in [3.63, 3.8) is 0 Å². The summed E-state index contributed by atoms with van der Waals surface area (Å²) in [5.41, 5.74) is 5.36. The van der Waals surface area contributed by atoms with Gasteiger partial charge in [-0.25, -0.2) is 0 Å². The molecule has 1 aliphatic carbocycles. The van der Waals surface area contributed by atoms with Crippen molar-refractivity contribution in [2.45, 2.75) is 31.5 Å². The lowest BCUT2D eigenvalue weighted by Crippen LogP contribution is -2.43. The van der Waals surface area contributed by atoms with Crippen molar-refractivity contribution in [1.82, 2.24) is 5.32 Å². The van der Waals surface area contributed by atoms with Crippen LogP contribution in [0.3, 0.4) is 0 Å². The highest BCUT2D eigenvalue weighted by Gasteiger charge is 2.26. The number of hydrogen-bond acceptors (Lipinski definition) is 4. The van der Waals surface area contributed by atoms with Crippen LogP contribution in [0.4, 0.5) is 0 Å². The quantitative estimate of drug-likeness (QED) is 0.625. The number of nitrogens with one attached hydrogen (secondary N) is 1. The topological polar surface area (TPSA) is 84.6 Å². The fraction of sp³-hybridized carbons (Fsp3) is 0.900. The van der Waals surface area contributed by atoms with E-state index in [4.69, 9.17) is 10.5 Å². The zero-order valence-electron chi connectivity index (χ0n) is 9.52. The monoisotopic (exact) mass is 252 g/mol. The average Bonchev–Trinajstić information content (AvgIpc) is 2.63.